The fraction of sp³-hybridized carbons (Fsp3) is 0.429. The van der Waals surface area contributed by atoms with Crippen molar-refractivity contribution in [2.45, 2.75) is 26.2 Å². The molecule has 9 nitrogen and oxygen atoms in total. The van der Waals surface area contributed by atoms with Gasteiger partial charge in [-0.05, 0) is 44.4 Å². The number of unbranched alkanes of at least 4 members (excludes halogenated alkanes) is 2. The van der Waals surface area contributed by atoms with Crippen molar-refractivity contribution < 1.29 is 17.7 Å². The van der Waals surface area contributed by atoms with Gasteiger partial charge in [-0.15, -0.1) is 0 Å². The Morgan fingerprint density at radius 2 is 2.03 bits per heavy atom. The lowest BCUT2D eigenvalue weighted by Gasteiger charge is -2.20. The SMILES string of the molecule is CNc1cc(N2CCN(CCCCCOc3ccc4c(C)noc4c3)S2(=O)=O)ccn1. The Morgan fingerprint density at radius 3 is 2.87 bits per heavy atom. The summed E-state index contributed by atoms with van der Waals surface area (Å²) in [5, 5.41) is 7.87. The van der Waals surface area contributed by atoms with Gasteiger partial charge in [0.15, 0.2) is 5.58 Å². The van der Waals surface area contributed by atoms with Gasteiger partial charge in [-0.3, -0.25) is 4.31 Å². The van der Waals surface area contributed by atoms with Crippen LogP contribution in [0.4, 0.5) is 11.5 Å². The molecule has 1 aliphatic rings. The number of aryl methyl sites for hydroxylation is 1. The molecule has 0 aliphatic carbocycles. The van der Waals surface area contributed by atoms with Crippen LogP contribution in [0.1, 0.15) is 25.0 Å². The van der Waals surface area contributed by atoms with Gasteiger partial charge in [-0.25, -0.2) is 4.98 Å². The number of pyridine rings is 1. The quantitative estimate of drug-likeness (QED) is 0.505. The predicted octanol–water partition coefficient (Wildman–Crippen LogP) is 3.19. The molecule has 166 valence electrons. The molecule has 31 heavy (non-hydrogen) atoms. The number of hydrogen-bond donors (Lipinski definition) is 1. The molecule has 0 unspecified atom stereocenters. The molecule has 1 saturated heterocycles. The third-order valence-electron chi connectivity index (χ3n) is 5.39. The molecule has 0 atom stereocenters. The third kappa shape index (κ3) is 4.59. The normalized spacial score (nSPS) is 16.1. The standard InChI is InChI=1S/C21H27N5O4S/c1-16-19-7-6-18(15-20(19)30-24-16)29-13-5-3-4-10-25-11-12-26(31(25,27)28)17-8-9-23-21(14-17)22-2/h6-9,14-15H,3-5,10-13H2,1-2H3,(H,22,23). The minimum Gasteiger partial charge on any atom is -0.493 e. The molecule has 1 aliphatic heterocycles. The highest BCUT2D eigenvalue weighted by molar-refractivity contribution is 7.90. The van der Waals surface area contributed by atoms with Crippen LogP contribution in [0.25, 0.3) is 11.0 Å². The van der Waals surface area contributed by atoms with Crippen molar-refractivity contribution in [2.24, 2.45) is 0 Å². The van der Waals surface area contributed by atoms with Gasteiger partial charge >= 0.3 is 10.2 Å². The maximum Gasteiger partial charge on any atom is 0.304 e. The molecule has 2 aromatic heterocycles. The fourth-order valence-electron chi connectivity index (χ4n) is 3.66. The highest BCUT2D eigenvalue weighted by atomic mass is 32.2. The van der Waals surface area contributed by atoms with Gasteiger partial charge < -0.3 is 14.6 Å². The van der Waals surface area contributed by atoms with Crippen molar-refractivity contribution in [2.75, 3.05) is 42.9 Å². The number of fused-ring (bicyclic) bond motifs is 1. The van der Waals surface area contributed by atoms with Crippen LogP contribution in [0.2, 0.25) is 0 Å². The summed E-state index contributed by atoms with van der Waals surface area (Å²) in [4.78, 5) is 4.15. The third-order valence-corrected chi connectivity index (χ3v) is 7.36. The summed E-state index contributed by atoms with van der Waals surface area (Å²) in [5.74, 6) is 1.39. The molecule has 1 aromatic carbocycles. The largest absolute Gasteiger partial charge is 0.493 e. The van der Waals surface area contributed by atoms with Crippen molar-refractivity contribution in [3.05, 3.63) is 42.2 Å². The van der Waals surface area contributed by atoms with E-state index in [9.17, 15) is 8.42 Å². The van der Waals surface area contributed by atoms with Crippen LogP contribution in [0.3, 0.4) is 0 Å². The minimum atomic E-state index is -3.50. The van der Waals surface area contributed by atoms with E-state index >= 15 is 0 Å². The molecule has 1 N–H and O–H groups in total. The van der Waals surface area contributed by atoms with E-state index in [0.29, 0.717) is 37.7 Å². The molecule has 0 bridgehead atoms. The summed E-state index contributed by atoms with van der Waals surface area (Å²) in [6.45, 7) is 3.92. The maximum atomic E-state index is 12.9. The van der Waals surface area contributed by atoms with Crippen LogP contribution in [0.5, 0.6) is 5.75 Å². The first-order valence-corrected chi connectivity index (χ1v) is 11.8. The summed E-state index contributed by atoms with van der Waals surface area (Å²) in [7, 11) is -1.74. The minimum absolute atomic E-state index is 0.447. The van der Waals surface area contributed by atoms with E-state index in [1.165, 1.54) is 4.31 Å². The maximum absolute atomic E-state index is 12.9. The Morgan fingerprint density at radius 1 is 1.16 bits per heavy atom. The average Bonchev–Trinajstić information content (AvgIpc) is 3.29. The molecule has 0 radical (unpaired) electrons. The van der Waals surface area contributed by atoms with Gasteiger partial charge in [-0.1, -0.05) is 5.16 Å². The lowest BCUT2D eigenvalue weighted by atomic mass is 10.2. The Kier molecular flexibility index (Phi) is 6.28. The predicted molar refractivity (Wildman–Crippen MR) is 120 cm³/mol. The van der Waals surface area contributed by atoms with Crippen molar-refractivity contribution in [1.82, 2.24) is 14.4 Å². The first-order valence-electron chi connectivity index (χ1n) is 10.4. The summed E-state index contributed by atoms with van der Waals surface area (Å²) in [6.07, 6.45) is 4.13. The summed E-state index contributed by atoms with van der Waals surface area (Å²) < 4.78 is 39.8. The van der Waals surface area contributed by atoms with Crippen LogP contribution in [0, 0.1) is 6.92 Å². The zero-order valence-corrected chi connectivity index (χ0v) is 18.6. The molecule has 4 rings (SSSR count). The lowest BCUT2D eigenvalue weighted by Crippen LogP contribution is -2.33. The van der Waals surface area contributed by atoms with E-state index in [-0.39, 0.29) is 0 Å². The Hall–Kier alpha value is -2.85. The molecular formula is C21H27N5O4S. The number of aromatic nitrogens is 2. The Labute approximate surface area is 182 Å². The van der Waals surface area contributed by atoms with Gasteiger partial charge in [0.05, 0.1) is 18.0 Å². The fourth-order valence-corrected chi connectivity index (χ4v) is 5.31. The van der Waals surface area contributed by atoms with Gasteiger partial charge in [-0.2, -0.15) is 12.7 Å². The highest BCUT2D eigenvalue weighted by Gasteiger charge is 2.36. The van der Waals surface area contributed by atoms with Crippen LogP contribution >= 0.6 is 0 Å². The van der Waals surface area contributed by atoms with Gasteiger partial charge in [0.2, 0.25) is 0 Å². The zero-order chi connectivity index (χ0) is 21.8. The monoisotopic (exact) mass is 445 g/mol. The van der Waals surface area contributed by atoms with E-state index in [1.807, 2.05) is 25.1 Å². The number of benzene rings is 1. The van der Waals surface area contributed by atoms with Crippen molar-refractivity contribution in [1.29, 1.82) is 0 Å². The van der Waals surface area contributed by atoms with Crippen LogP contribution in [0.15, 0.2) is 41.1 Å². The first-order chi connectivity index (χ1) is 15.0. The van der Waals surface area contributed by atoms with E-state index in [1.54, 1.807) is 29.7 Å². The number of anilines is 2. The summed E-state index contributed by atoms with van der Waals surface area (Å²) in [6, 6.07) is 9.17. The van der Waals surface area contributed by atoms with Gasteiger partial charge in [0.1, 0.15) is 11.6 Å². The van der Waals surface area contributed by atoms with E-state index < -0.39 is 10.2 Å². The summed E-state index contributed by atoms with van der Waals surface area (Å²) in [5.41, 5.74) is 2.22. The molecule has 0 spiro atoms. The smallest absolute Gasteiger partial charge is 0.304 e. The van der Waals surface area contributed by atoms with E-state index in [2.05, 4.69) is 15.5 Å². The topological polar surface area (TPSA) is 101 Å². The van der Waals surface area contributed by atoms with Crippen molar-refractivity contribution >= 4 is 32.7 Å². The molecule has 0 saturated carbocycles. The molecule has 3 heterocycles. The second-order valence-corrected chi connectivity index (χ2v) is 9.32. The highest BCUT2D eigenvalue weighted by Crippen LogP contribution is 2.27. The zero-order valence-electron chi connectivity index (χ0n) is 17.7. The molecule has 3 aromatic rings. The van der Waals surface area contributed by atoms with Crippen molar-refractivity contribution in [3.63, 3.8) is 0 Å². The van der Waals surface area contributed by atoms with E-state index in [0.717, 1.165) is 41.7 Å². The second-order valence-electron chi connectivity index (χ2n) is 7.46. The van der Waals surface area contributed by atoms with Gasteiger partial charge in [0, 0.05) is 50.4 Å². The first kappa shape index (κ1) is 21.4. The molecule has 1 fully saturated rings. The number of nitrogens with one attached hydrogen (secondary N) is 1. The van der Waals surface area contributed by atoms with Crippen LogP contribution < -0.4 is 14.4 Å². The number of nitrogens with zero attached hydrogens (tertiary/aromatic N) is 4. The Balaban J connectivity index is 1.22. The molecule has 10 heteroatoms. The number of rotatable bonds is 9. The lowest BCUT2D eigenvalue weighted by molar-refractivity contribution is 0.302. The number of ether oxygens (including phenoxy) is 1. The molecule has 0 amide bonds. The molecular weight excluding hydrogens is 418 g/mol. The van der Waals surface area contributed by atoms with Gasteiger partial charge in [0.25, 0.3) is 0 Å². The average molecular weight is 446 g/mol. The second kappa shape index (κ2) is 9.11. The van der Waals surface area contributed by atoms with Crippen LogP contribution in [-0.2, 0) is 10.2 Å². The van der Waals surface area contributed by atoms with Crippen LogP contribution in [-0.4, -0.2) is 56.2 Å². The Bertz CT molecular complexity index is 1150. The van der Waals surface area contributed by atoms with Crippen molar-refractivity contribution in [3.8, 4) is 5.75 Å². The number of hydrogen-bond acceptors (Lipinski definition) is 7. The van der Waals surface area contributed by atoms with E-state index in [4.69, 9.17) is 9.26 Å². The summed E-state index contributed by atoms with van der Waals surface area (Å²) >= 11 is 0.